The molecule has 0 amide bonds. The zero-order chi connectivity index (χ0) is 21.3. The van der Waals surface area contributed by atoms with Crippen molar-refractivity contribution in [3.8, 4) is 11.1 Å². The van der Waals surface area contributed by atoms with Crippen molar-refractivity contribution in [1.82, 2.24) is 14.3 Å². The smallest absolute Gasteiger partial charge is 0.240 e. The number of nitrogens with one attached hydrogen (secondary N) is 1. The van der Waals surface area contributed by atoms with Crippen molar-refractivity contribution in [2.45, 2.75) is 43.7 Å². The highest BCUT2D eigenvalue weighted by Crippen LogP contribution is 2.31. The Morgan fingerprint density at radius 1 is 1.27 bits per heavy atom. The van der Waals surface area contributed by atoms with E-state index in [0.717, 1.165) is 40.8 Å². The number of benzene rings is 2. The first-order valence-corrected chi connectivity index (χ1v) is 11.6. The molecule has 6 nitrogen and oxygen atoms in total. The summed E-state index contributed by atoms with van der Waals surface area (Å²) in [6.45, 7) is 2.22. The van der Waals surface area contributed by atoms with Crippen LogP contribution in [0.25, 0.3) is 22.2 Å². The number of para-hydroxylation sites is 1. The number of hydrogen-bond acceptors (Lipinski definition) is 4. The largest absolute Gasteiger partial charge is 0.327 e. The third-order valence-electron chi connectivity index (χ3n) is 5.20. The van der Waals surface area contributed by atoms with Gasteiger partial charge in [0, 0.05) is 24.6 Å². The Kier molecular flexibility index (Phi) is 5.73. The van der Waals surface area contributed by atoms with Crippen LogP contribution in [0.1, 0.15) is 25.6 Å². The predicted molar refractivity (Wildman–Crippen MR) is 116 cm³/mol. The number of nitrogens with zero attached hydrogens (tertiary/aromatic N) is 2. The maximum Gasteiger partial charge on any atom is 0.240 e. The van der Waals surface area contributed by atoms with Gasteiger partial charge in [-0.15, -0.1) is 0 Å². The molecule has 0 spiro atoms. The van der Waals surface area contributed by atoms with E-state index in [1.807, 2.05) is 29.7 Å². The van der Waals surface area contributed by atoms with Crippen LogP contribution in [0, 0.1) is 0 Å². The van der Waals surface area contributed by atoms with Crippen LogP contribution in [0.2, 0.25) is 0 Å². The van der Waals surface area contributed by atoms with E-state index in [1.165, 1.54) is 6.08 Å². The lowest BCUT2D eigenvalue weighted by Crippen LogP contribution is -2.25. The fourth-order valence-corrected chi connectivity index (χ4v) is 4.83. The van der Waals surface area contributed by atoms with Crippen molar-refractivity contribution in [3.05, 3.63) is 60.2 Å². The van der Waals surface area contributed by atoms with Gasteiger partial charge in [-0.05, 0) is 42.7 Å². The summed E-state index contributed by atoms with van der Waals surface area (Å²) < 4.78 is 43.5. The highest BCUT2D eigenvalue weighted by atomic mass is 32.2. The lowest BCUT2D eigenvalue weighted by molar-refractivity contribution is 0.549. The first-order valence-electron chi connectivity index (χ1n) is 10.1. The molecule has 3 N–H and O–H groups in total. The van der Waals surface area contributed by atoms with Gasteiger partial charge in [0.05, 0.1) is 22.5 Å². The van der Waals surface area contributed by atoms with Crippen molar-refractivity contribution in [3.63, 3.8) is 0 Å². The minimum absolute atomic E-state index is 0.0635. The summed E-state index contributed by atoms with van der Waals surface area (Å²) in [5.74, 6) is 0.487. The molecule has 8 heteroatoms. The molecular formula is C22H25FN4O2S. The van der Waals surface area contributed by atoms with Gasteiger partial charge < -0.3 is 10.3 Å². The van der Waals surface area contributed by atoms with Gasteiger partial charge in [-0.1, -0.05) is 31.2 Å². The van der Waals surface area contributed by atoms with Crippen LogP contribution in [0.15, 0.2) is 59.3 Å². The Hall–Kier alpha value is -2.55. The number of aromatic nitrogens is 2. The lowest BCUT2D eigenvalue weighted by atomic mass is 10.0. The van der Waals surface area contributed by atoms with E-state index < -0.39 is 10.0 Å². The number of allylic oxidation sites excluding steroid dienone is 1. The van der Waals surface area contributed by atoms with Crippen molar-refractivity contribution < 1.29 is 12.8 Å². The zero-order valence-corrected chi connectivity index (χ0v) is 17.6. The molecule has 1 aromatic heterocycles. The van der Waals surface area contributed by atoms with Crippen LogP contribution in [0.5, 0.6) is 0 Å². The molecule has 1 aliphatic rings. The van der Waals surface area contributed by atoms with Crippen molar-refractivity contribution in [1.29, 1.82) is 0 Å². The van der Waals surface area contributed by atoms with Gasteiger partial charge in [-0.25, -0.2) is 22.5 Å². The average molecular weight is 429 g/mol. The molecule has 30 heavy (non-hydrogen) atoms. The molecule has 0 bridgehead atoms. The maximum atomic E-state index is 14.2. The number of imidazole rings is 1. The number of nitrogens with two attached hydrogens (primary N) is 1. The van der Waals surface area contributed by atoms with Gasteiger partial charge in [-0.2, -0.15) is 0 Å². The normalized spacial score (nSPS) is 15.1. The number of halogens is 1. The van der Waals surface area contributed by atoms with Crippen LogP contribution >= 0.6 is 0 Å². The summed E-state index contributed by atoms with van der Waals surface area (Å²) in [6, 6.07) is 12.6. The van der Waals surface area contributed by atoms with E-state index in [2.05, 4.69) is 4.72 Å². The Balaban J connectivity index is 1.72. The molecule has 1 fully saturated rings. The Labute approximate surface area is 175 Å². The van der Waals surface area contributed by atoms with Crippen molar-refractivity contribution in [2.75, 3.05) is 6.54 Å². The zero-order valence-electron chi connectivity index (χ0n) is 16.8. The van der Waals surface area contributed by atoms with Gasteiger partial charge >= 0.3 is 0 Å². The van der Waals surface area contributed by atoms with Crippen LogP contribution in [0.3, 0.4) is 0 Å². The van der Waals surface area contributed by atoms with Gasteiger partial charge in [-0.3, -0.25) is 0 Å². The molecule has 158 valence electrons. The molecule has 0 saturated heterocycles. The summed E-state index contributed by atoms with van der Waals surface area (Å²) in [5.41, 5.74) is 8.76. The van der Waals surface area contributed by atoms with Crippen LogP contribution in [-0.2, 0) is 23.0 Å². The number of rotatable bonds is 8. The second-order valence-electron chi connectivity index (χ2n) is 7.45. The van der Waals surface area contributed by atoms with Crippen molar-refractivity contribution in [2.24, 2.45) is 5.73 Å². The fraction of sp³-hybridized carbons (Fsp3) is 0.318. The fourth-order valence-electron chi connectivity index (χ4n) is 3.52. The van der Waals surface area contributed by atoms with E-state index in [9.17, 15) is 12.8 Å². The molecule has 0 atom stereocenters. The Morgan fingerprint density at radius 3 is 2.63 bits per heavy atom. The van der Waals surface area contributed by atoms with Crippen LogP contribution in [-0.4, -0.2) is 30.6 Å². The van der Waals surface area contributed by atoms with Crippen LogP contribution in [0.4, 0.5) is 4.39 Å². The number of hydrogen-bond donors (Lipinski definition) is 2. The molecule has 3 aromatic rings. The molecule has 1 aliphatic carbocycles. The highest BCUT2D eigenvalue weighted by molar-refractivity contribution is 7.89. The molecule has 1 heterocycles. The summed E-state index contributed by atoms with van der Waals surface area (Å²) in [4.78, 5) is 5.00. The van der Waals surface area contributed by atoms with E-state index >= 15 is 0 Å². The minimum atomic E-state index is -3.49. The standard InChI is InChI=1S/C22H25FN4O2S/c1-2-21-25-22-19(4-3-5-20(22)27(21)14-16(23)12-13-24)15-6-10-18(11-7-15)30(28,29)26-17-8-9-17/h3-7,10-12,17,26H,2,8-9,13-14,24H2,1H3. The summed E-state index contributed by atoms with van der Waals surface area (Å²) in [5, 5.41) is 0. The first-order chi connectivity index (χ1) is 14.4. The van der Waals surface area contributed by atoms with Gasteiger partial charge in [0.15, 0.2) is 0 Å². The number of sulfonamides is 1. The average Bonchev–Trinajstić information content (AvgIpc) is 3.47. The second kappa shape index (κ2) is 8.29. The van der Waals surface area contributed by atoms with E-state index in [1.54, 1.807) is 24.3 Å². The summed E-state index contributed by atoms with van der Waals surface area (Å²) in [7, 11) is -3.49. The molecular weight excluding hydrogens is 403 g/mol. The third kappa shape index (κ3) is 4.16. The molecule has 0 radical (unpaired) electrons. The topological polar surface area (TPSA) is 90.0 Å². The van der Waals surface area contributed by atoms with E-state index in [0.29, 0.717) is 6.42 Å². The maximum absolute atomic E-state index is 14.2. The van der Waals surface area contributed by atoms with Gasteiger partial charge in [0.25, 0.3) is 0 Å². The predicted octanol–water partition coefficient (Wildman–Crippen LogP) is 3.52. The Bertz CT molecular complexity index is 1200. The molecule has 1 saturated carbocycles. The number of fused-ring (bicyclic) bond motifs is 1. The molecule has 2 aromatic carbocycles. The minimum Gasteiger partial charge on any atom is -0.327 e. The molecule has 0 unspecified atom stereocenters. The van der Waals surface area contributed by atoms with Gasteiger partial charge in [0.1, 0.15) is 11.7 Å². The first kappa shape index (κ1) is 20.7. The van der Waals surface area contributed by atoms with Crippen LogP contribution < -0.4 is 10.5 Å². The number of aryl methyl sites for hydroxylation is 1. The monoisotopic (exact) mass is 428 g/mol. The lowest BCUT2D eigenvalue weighted by Gasteiger charge is -2.08. The molecule has 4 rings (SSSR count). The summed E-state index contributed by atoms with van der Waals surface area (Å²) in [6.07, 6.45) is 3.81. The SMILES string of the molecule is CCc1nc2c(-c3ccc(S(=O)(=O)NC4CC4)cc3)cccc2n1CC(F)=CCN. The van der Waals surface area contributed by atoms with E-state index in [-0.39, 0.29) is 29.9 Å². The quantitative estimate of drug-likeness (QED) is 0.574. The van der Waals surface area contributed by atoms with Gasteiger partial charge in [0.2, 0.25) is 10.0 Å². The third-order valence-corrected chi connectivity index (χ3v) is 6.73. The second-order valence-corrected chi connectivity index (χ2v) is 9.16. The summed E-state index contributed by atoms with van der Waals surface area (Å²) >= 11 is 0. The van der Waals surface area contributed by atoms with Crippen molar-refractivity contribution >= 4 is 21.1 Å². The molecule has 0 aliphatic heterocycles. The highest BCUT2D eigenvalue weighted by Gasteiger charge is 2.28. The van der Waals surface area contributed by atoms with E-state index in [4.69, 9.17) is 10.7 Å². The Morgan fingerprint density at radius 2 is 2.00 bits per heavy atom.